The molecule has 36 heavy (non-hydrogen) atoms. The van der Waals surface area contributed by atoms with E-state index in [4.69, 9.17) is 14.2 Å². The minimum absolute atomic E-state index is 0.201. The number of fused-ring (bicyclic) bond motifs is 5. The van der Waals surface area contributed by atoms with Gasteiger partial charge in [-0.3, -0.25) is 9.69 Å². The quantitative estimate of drug-likeness (QED) is 0.480. The van der Waals surface area contributed by atoms with Gasteiger partial charge in [-0.15, -0.1) is 0 Å². The molecule has 1 aromatic carbocycles. The lowest BCUT2D eigenvalue weighted by molar-refractivity contribution is -0.151. The molecule has 2 N–H and O–H groups in total. The third kappa shape index (κ3) is 3.99. The third-order valence-electron chi connectivity index (χ3n) is 7.59. The van der Waals surface area contributed by atoms with Gasteiger partial charge in [-0.2, -0.15) is 0 Å². The summed E-state index contributed by atoms with van der Waals surface area (Å²) in [6.07, 6.45) is -1.21. The van der Waals surface area contributed by atoms with Gasteiger partial charge in [-0.05, 0) is 57.7 Å². The smallest absolute Gasteiger partial charge is 0.419 e. The topological polar surface area (TPSA) is 110 Å². The Labute approximate surface area is 210 Å². The number of carbonyl (C=O) groups excluding carboxylic acids is 2. The normalized spacial score (nSPS) is 26.2. The van der Waals surface area contributed by atoms with Crippen LogP contribution in [0.3, 0.4) is 0 Å². The maximum Gasteiger partial charge on any atom is 0.419 e. The molecular formula is C27H34N2O7. The molecule has 0 spiro atoms. The van der Waals surface area contributed by atoms with E-state index in [0.717, 1.165) is 46.3 Å². The van der Waals surface area contributed by atoms with E-state index in [2.05, 4.69) is 4.90 Å². The minimum Gasteiger partial charge on any atom is -0.497 e. The van der Waals surface area contributed by atoms with E-state index in [0.29, 0.717) is 25.1 Å². The first-order chi connectivity index (χ1) is 17.0. The van der Waals surface area contributed by atoms with Crippen molar-refractivity contribution in [2.75, 3.05) is 27.3 Å². The van der Waals surface area contributed by atoms with E-state index in [1.54, 1.807) is 11.7 Å². The largest absolute Gasteiger partial charge is 0.497 e. The molecule has 0 amide bonds. The van der Waals surface area contributed by atoms with Crippen molar-refractivity contribution in [1.29, 1.82) is 0 Å². The maximum atomic E-state index is 13.6. The Bertz CT molecular complexity index is 1260. The number of ether oxygens (including phenoxy) is 3. The van der Waals surface area contributed by atoms with Crippen molar-refractivity contribution in [1.82, 2.24) is 9.47 Å². The van der Waals surface area contributed by atoms with Crippen LogP contribution >= 0.6 is 0 Å². The maximum absolute atomic E-state index is 13.6. The molecule has 9 nitrogen and oxygen atoms in total. The molecule has 2 aliphatic heterocycles. The molecule has 3 heterocycles. The van der Waals surface area contributed by atoms with E-state index >= 15 is 0 Å². The molecule has 0 fully saturated rings. The molecule has 1 aromatic heterocycles. The van der Waals surface area contributed by atoms with Gasteiger partial charge < -0.3 is 24.4 Å². The summed E-state index contributed by atoms with van der Waals surface area (Å²) in [6.45, 7) is 6.83. The number of hydrogen-bond acceptors (Lipinski definition) is 8. The van der Waals surface area contributed by atoms with Crippen molar-refractivity contribution < 1.29 is 34.0 Å². The second-order valence-corrected chi connectivity index (χ2v) is 10.9. The highest BCUT2D eigenvalue weighted by Gasteiger charge is 2.47. The van der Waals surface area contributed by atoms with Gasteiger partial charge in [0.2, 0.25) is 0 Å². The highest BCUT2D eigenvalue weighted by Crippen LogP contribution is 2.48. The van der Waals surface area contributed by atoms with E-state index < -0.39 is 35.8 Å². The standard InChI is InChI=1S/C27H34N2O7/c1-27(2,3)36-26(33)29-19-11-15(34-4)6-7-16(19)17-8-9-28-13-14-10-21(30)24(31)22(25(32)35-5)18(14)12-20(28)23(17)29/h6-7,11,20-22,24,30-31H,8-10,12-13H2,1-5H3/t20-,21+,22+,24-/m1/s1. The molecule has 0 saturated heterocycles. The fourth-order valence-electron chi connectivity index (χ4n) is 6.05. The number of nitrogens with zero attached hydrogens (tertiary/aromatic N) is 2. The van der Waals surface area contributed by atoms with Gasteiger partial charge >= 0.3 is 12.1 Å². The Hall–Kier alpha value is -2.88. The molecule has 0 saturated carbocycles. The molecule has 9 heteroatoms. The van der Waals surface area contributed by atoms with Gasteiger partial charge in [0.05, 0.1) is 43.7 Å². The minimum atomic E-state index is -1.23. The van der Waals surface area contributed by atoms with Crippen molar-refractivity contribution in [3.63, 3.8) is 0 Å². The molecule has 0 bridgehead atoms. The number of benzene rings is 1. The number of aliphatic hydroxyl groups is 2. The van der Waals surface area contributed by atoms with Crippen molar-refractivity contribution >= 4 is 23.0 Å². The Morgan fingerprint density at radius 3 is 2.53 bits per heavy atom. The SMILES string of the molecule is COC(=O)[C@H]1C2=C(C[C@H](O)[C@H]1O)CN1CCc3c(n(C(=O)OC(C)(C)C)c4cc(OC)ccc34)[C@H]1C2. The lowest BCUT2D eigenvalue weighted by Crippen LogP contribution is -2.49. The summed E-state index contributed by atoms with van der Waals surface area (Å²) < 4.78 is 17.9. The Morgan fingerprint density at radius 2 is 1.86 bits per heavy atom. The summed E-state index contributed by atoms with van der Waals surface area (Å²) >= 11 is 0. The zero-order valence-electron chi connectivity index (χ0n) is 21.4. The fourth-order valence-corrected chi connectivity index (χ4v) is 6.05. The molecule has 0 unspecified atom stereocenters. The van der Waals surface area contributed by atoms with E-state index in [9.17, 15) is 19.8 Å². The summed E-state index contributed by atoms with van der Waals surface area (Å²) in [7, 11) is 2.88. The van der Waals surface area contributed by atoms with Crippen LogP contribution in [0.2, 0.25) is 0 Å². The van der Waals surface area contributed by atoms with Gasteiger partial charge in [-0.25, -0.2) is 9.36 Å². The van der Waals surface area contributed by atoms with E-state index in [1.165, 1.54) is 7.11 Å². The molecule has 0 radical (unpaired) electrons. The summed E-state index contributed by atoms with van der Waals surface area (Å²) in [5.74, 6) is -0.848. The average molecular weight is 499 g/mol. The molecule has 4 atom stereocenters. The van der Waals surface area contributed by atoms with Crippen LogP contribution in [0.25, 0.3) is 10.9 Å². The second-order valence-electron chi connectivity index (χ2n) is 10.9. The summed E-state index contributed by atoms with van der Waals surface area (Å²) in [5, 5.41) is 22.2. The zero-order chi connectivity index (χ0) is 25.9. The summed E-state index contributed by atoms with van der Waals surface area (Å²) in [4.78, 5) is 28.6. The third-order valence-corrected chi connectivity index (χ3v) is 7.59. The van der Waals surface area contributed by atoms with Crippen molar-refractivity contribution in [2.45, 2.75) is 63.9 Å². The number of rotatable bonds is 2. The number of esters is 1. The molecule has 1 aliphatic carbocycles. The fraction of sp³-hybridized carbons (Fsp3) is 0.556. The van der Waals surface area contributed by atoms with Gasteiger partial charge in [0.1, 0.15) is 17.3 Å². The number of carbonyl (C=O) groups is 2. The van der Waals surface area contributed by atoms with E-state index in [1.807, 2.05) is 39.0 Å². The monoisotopic (exact) mass is 498 g/mol. The second kappa shape index (κ2) is 8.90. The molecule has 5 rings (SSSR count). The van der Waals surface area contributed by atoms with Crippen LogP contribution in [-0.4, -0.2) is 76.9 Å². The lowest BCUT2D eigenvalue weighted by atomic mass is 9.73. The zero-order valence-corrected chi connectivity index (χ0v) is 21.4. The van der Waals surface area contributed by atoms with Gasteiger partial charge in [0.15, 0.2) is 0 Å². The number of methoxy groups -OCH3 is 2. The Morgan fingerprint density at radius 1 is 1.11 bits per heavy atom. The molecule has 3 aliphatic rings. The van der Waals surface area contributed by atoms with Gasteiger partial charge in [0, 0.05) is 24.5 Å². The average Bonchev–Trinajstić information content (AvgIpc) is 3.16. The van der Waals surface area contributed by atoms with Gasteiger partial charge in [-0.1, -0.05) is 11.1 Å². The van der Waals surface area contributed by atoms with Crippen LogP contribution in [-0.2, 0) is 20.7 Å². The first-order valence-electron chi connectivity index (χ1n) is 12.4. The van der Waals surface area contributed by atoms with Crippen molar-refractivity contribution in [3.8, 4) is 5.75 Å². The number of aromatic nitrogens is 1. The van der Waals surface area contributed by atoms with E-state index in [-0.39, 0.29) is 6.04 Å². The van der Waals surface area contributed by atoms with Crippen LogP contribution in [0.15, 0.2) is 29.3 Å². The van der Waals surface area contributed by atoms with Gasteiger partial charge in [0.25, 0.3) is 0 Å². The summed E-state index contributed by atoms with van der Waals surface area (Å²) in [5.41, 5.74) is 3.72. The first-order valence-corrected chi connectivity index (χ1v) is 12.4. The molecular weight excluding hydrogens is 464 g/mol. The first kappa shape index (κ1) is 24.8. The highest BCUT2D eigenvalue weighted by molar-refractivity contribution is 5.95. The van der Waals surface area contributed by atoms with Crippen molar-refractivity contribution in [3.05, 3.63) is 40.6 Å². The van der Waals surface area contributed by atoms with Crippen LogP contribution in [0.4, 0.5) is 4.79 Å². The predicted octanol–water partition coefficient (Wildman–Crippen LogP) is 2.95. The highest BCUT2D eigenvalue weighted by atomic mass is 16.6. The van der Waals surface area contributed by atoms with Crippen LogP contribution in [0.5, 0.6) is 5.75 Å². The number of aliphatic hydroxyl groups excluding tert-OH is 2. The molecule has 194 valence electrons. The van der Waals surface area contributed by atoms with Crippen molar-refractivity contribution in [2.24, 2.45) is 5.92 Å². The lowest BCUT2D eigenvalue weighted by Gasteiger charge is -2.46. The number of hydrogen-bond donors (Lipinski definition) is 2. The van der Waals surface area contributed by atoms with Crippen LogP contribution in [0, 0.1) is 5.92 Å². The van der Waals surface area contributed by atoms with Crippen LogP contribution in [0.1, 0.15) is 50.9 Å². The van der Waals surface area contributed by atoms with Crippen LogP contribution < -0.4 is 4.74 Å². The molecule has 2 aromatic rings. The Kier molecular flexibility index (Phi) is 6.13. The summed E-state index contributed by atoms with van der Waals surface area (Å²) in [6, 6.07) is 5.53. The predicted molar refractivity (Wildman–Crippen MR) is 132 cm³/mol. The Balaban J connectivity index is 1.67.